The lowest BCUT2D eigenvalue weighted by Gasteiger charge is -2.35. The Balaban J connectivity index is 2.16. The van der Waals surface area contributed by atoms with Crippen LogP contribution < -0.4 is 0 Å². The molecule has 0 aromatic heterocycles. The molecule has 1 fully saturated rings. The second-order valence-corrected chi connectivity index (χ2v) is 5.16. The van der Waals surface area contributed by atoms with Gasteiger partial charge in [-0.2, -0.15) is 0 Å². The summed E-state index contributed by atoms with van der Waals surface area (Å²) in [5, 5.41) is 9.62. The maximum atomic E-state index is 12.9. The highest BCUT2D eigenvalue weighted by Gasteiger charge is 2.27. The molecule has 2 atom stereocenters. The summed E-state index contributed by atoms with van der Waals surface area (Å²) in [5.74, 6) is 0.0170. The fraction of sp³-hybridized carbons (Fsp3) is 0.500. The number of amides is 1. The van der Waals surface area contributed by atoms with Gasteiger partial charge in [-0.15, -0.1) is 0 Å². The summed E-state index contributed by atoms with van der Waals surface area (Å²) in [6, 6.07) is 3.52. The normalized spacial score (nSPS) is 24.1. The predicted molar refractivity (Wildman–Crippen MR) is 66.9 cm³/mol. The van der Waals surface area contributed by atoms with Crippen LogP contribution >= 0.6 is 0 Å². The lowest BCUT2D eigenvalue weighted by Crippen LogP contribution is -2.42. The molecule has 0 saturated carbocycles. The first-order chi connectivity index (χ1) is 8.49. The van der Waals surface area contributed by atoms with E-state index in [-0.39, 0.29) is 17.2 Å². The number of benzene rings is 1. The number of hydrogen-bond donors (Lipinski definition) is 1. The van der Waals surface area contributed by atoms with E-state index in [9.17, 15) is 14.3 Å². The van der Waals surface area contributed by atoms with Crippen LogP contribution in [0.15, 0.2) is 18.2 Å². The maximum Gasteiger partial charge on any atom is 0.257 e. The number of hydrogen-bond acceptors (Lipinski definition) is 2. The van der Waals surface area contributed by atoms with Crippen molar-refractivity contribution < 1.29 is 14.3 Å². The Morgan fingerprint density at radius 1 is 1.39 bits per heavy atom. The molecule has 3 nitrogen and oxygen atoms in total. The second-order valence-electron chi connectivity index (χ2n) is 5.16. The van der Waals surface area contributed by atoms with Crippen molar-refractivity contribution >= 4 is 5.91 Å². The van der Waals surface area contributed by atoms with Crippen molar-refractivity contribution in [2.24, 2.45) is 11.8 Å². The average Bonchev–Trinajstić information content (AvgIpc) is 2.32. The summed E-state index contributed by atoms with van der Waals surface area (Å²) >= 11 is 0. The van der Waals surface area contributed by atoms with Crippen LogP contribution in [0.2, 0.25) is 0 Å². The van der Waals surface area contributed by atoms with Crippen LogP contribution in [-0.4, -0.2) is 29.0 Å². The fourth-order valence-electron chi connectivity index (χ4n) is 2.30. The van der Waals surface area contributed by atoms with E-state index in [1.807, 2.05) is 0 Å². The monoisotopic (exact) mass is 251 g/mol. The minimum atomic E-state index is -0.537. The number of carbonyl (C=O) groups is 1. The van der Waals surface area contributed by atoms with Gasteiger partial charge in [-0.25, -0.2) is 4.39 Å². The van der Waals surface area contributed by atoms with E-state index >= 15 is 0 Å². The third-order valence-corrected chi connectivity index (χ3v) is 3.81. The number of likely N-dealkylation sites (tertiary alicyclic amines) is 1. The molecule has 0 radical (unpaired) electrons. The van der Waals surface area contributed by atoms with E-state index in [0.717, 1.165) is 12.5 Å². The van der Waals surface area contributed by atoms with Crippen molar-refractivity contribution in [2.75, 3.05) is 13.1 Å². The van der Waals surface area contributed by atoms with Crippen molar-refractivity contribution in [1.82, 2.24) is 4.90 Å². The van der Waals surface area contributed by atoms with E-state index in [1.54, 1.807) is 4.90 Å². The summed E-state index contributed by atoms with van der Waals surface area (Å²) < 4.78 is 12.9. The third-order valence-electron chi connectivity index (χ3n) is 3.81. The molecule has 4 heteroatoms. The molecule has 1 aromatic carbocycles. The molecule has 2 rings (SSSR count). The molecule has 0 spiro atoms. The maximum absolute atomic E-state index is 12.9. The Bertz CT molecular complexity index is 461. The zero-order valence-electron chi connectivity index (χ0n) is 10.7. The largest absolute Gasteiger partial charge is 0.507 e. The molecule has 1 heterocycles. The first-order valence-electron chi connectivity index (χ1n) is 6.27. The molecular weight excluding hydrogens is 233 g/mol. The van der Waals surface area contributed by atoms with E-state index in [1.165, 1.54) is 12.1 Å². The van der Waals surface area contributed by atoms with E-state index in [4.69, 9.17) is 0 Å². The van der Waals surface area contributed by atoms with Gasteiger partial charge in [0.15, 0.2) is 0 Å². The summed E-state index contributed by atoms with van der Waals surface area (Å²) in [7, 11) is 0. The Morgan fingerprint density at radius 3 is 2.72 bits per heavy atom. The second kappa shape index (κ2) is 4.96. The minimum absolute atomic E-state index is 0.179. The van der Waals surface area contributed by atoms with Crippen LogP contribution in [0.4, 0.5) is 4.39 Å². The molecule has 1 aromatic rings. The molecule has 1 N–H and O–H groups in total. The summed E-state index contributed by atoms with van der Waals surface area (Å²) in [6.07, 6.45) is 0.967. The van der Waals surface area contributed by atoms with Crippen molar-refractivity contribution in [1.29, 1.82) is 0 Å². The first-order valence-corrected chi connectivity index (χ1v) is 6.27. The number of piperidine rings is 1. The van der Waals surface area contributed by atoms with Crippen molar-refractivity contribution in [3.05, 3.63) is 29.6 Å². The van der Waals surface area contributed by atoms with Gasteiger partial charge in [0.2, 0.25) is 0 Å². The Hall–Kier alpha value is -1.58. The van der Waals surface area contributed by atoms with Crippen LogP contribution in [0, 0.1) is 17.7 Å². The quantitative estimate of drug-likeness (QED) is 0.833. The van der Waals surface area contributed by atoms with Crippen molar-refractivity contribution in [2.45, 2.75) is 20.3 Å². The van der Waals surface area contributed by atoms with E-state index in [2.05, 4.69) is 13.8 Å². The molecule has 0 aliphatic carbocycles. The molecule has 98 valence electrons. The number of nitrogens with zero attached hydrogens (tertiary/aromatic N) is 1. The van der Waals surface area contributed by atoms with E-state index in [0.29, 0.717) is 24.9 Å². The Morgan fingerprint density at radius 2 is 2.11 bits per heavy atom. The number of carbonyl (C=O) groups excluding carboxylic acids is 1. The standard InChI is InChI=1S/C14H18FNO2/c1-9-5-6-16(8-10(9)2)14(18)12-4-3-11(15)7-13(12)17/h3-4,7,9-10,17H,5-6,8H2,1-2H3. The van der Waals surface area contributed by atoms with Gasteiger partial charge in [-0.3, -0.25) is 4.79 Å². The topological polar surface area (TPSA) is 40.5 Å². The first kappa shape index (κ1) is 12.9. The molecule has 2 unspecified atom stereocenters. The summed E-state index contributed by atoms with van der Waals surface area (Å²) in [5.41, 5.74) is 0.179. The van der Waals surface area contributed by atoms with Gasteiger partial charge in [0.05, 0.1) is 5.56 Å². The smallest absolute Gasteiger partial charge is 0.257 e. The third kappa shape index (κ3) is 2.47. The van der Waals surface area contributed by atoms with Gasteiger partial charge in [0.25, 0.3) is 5.91 Å². The zero-order valence-corrected chi connectivity index (χ0v) is 10.7. The highest BCUT2D eigenvalue weighted by molar-refractivity contribution is 5.96. The minimum Gasteiger partial charge on any atom is -0.507 e. The molecule has 0 bridgehead atoms. The lowest BCUT2D eigenvalue weighted by molar-refractivity contribution is 0.0624. The van der Waals surface area contributed by atoms with Crippen LogP contribution in [0.25, 0.3) is 0 Å². The molecular formula is C14H18FNO2. The van der Waals surface area contributed by atoms with Gasteiger partial charge in [-0.05, 0) is 30.4 Å². The lowest BCUT2D eigenvalue weighted by atomic mass is 9.88. The molecule has 1 amide bonds. The molecule has 18 heavy (non-hydrogen) atoms. The number of halogens is 1. The molecule has 1 saturated heterocycles. The zero-order chi connectivity index (χ0) is 13.3. The van der Waals surface area contributed by atoms with Crippen LogP contribution in [0.1, 0.15) is 30.6 Å². The van der Waals surface area contributed by atoms with E-state index < -0.39 is 5.82 Å². The van der Waals surface area contributed by atoms with Gasteiger partial charge >= 0.3 is 0 Å². The van der Waals surface area contributed by atoms with Crippen LogP contribution in [-0.2, 0) is 0 Å². The Labute approximate surface area is 106 Å². The number of rotatable bonds is 1. The molecule has 1 aliphatic rings. The SMILES string of the molecule is CC1CCN(C(=O)c2ccc(F)cc2O)CC1C. The number of aromatic hydroxyl groups is 1. The number of phenols is 1. The highest BCUT2D eigenvalue weighted by atomic mass is 19.1. The fourth-order valence-corrected chi connectivity index (χ4v) is 2.30. The summed E-state index contributed by atoms with van der Waals surface area (Å²) in [4.78, 5) is 14.0. The van der Waals surface area contributed by atoms with Crippen molar-refractivity contribution in [3.8, 4) is 5.75 Å². The van der Waals surface area contributed by atoms with Gasteiger partial charge in [0, 0.05) is 19.2 Å². The average molecular weight is 251 g/mol. The highest BCUT2D eigenvalue weighted by Crippen LogP contribution is 2.26. The summed E-state index contributed by atoms with van der Waals surface area (Å²) in [6.45, 7) is 5.69. The van der Waals surface area contributed by atoms with Crippen molar-refractivity contribution in [3.63, 3.8) is 0 Å². The van der Waals surface area contributed by atoms with Gasteiger partial charge in [0.1, 0.15) is 11.6 Å². The van der Waals surface area contributed by atoms with Crippen LogP contribution in [0.5, 0.6) is 5.75 Å². The number of phenolic OH excluding ortho intramolecular Hbond substituents is 1. The van der Waals surface area contributed by atoms with Gasteiger partial charge in [-0.1, -0.05) is 13.8 Å². The molecule has 1 aliphatic heterocycles. The Kier molecular flexibility index (Phi) is 3.55. The van der Waals surface area contributed by atoms with Gasteiger partial charge < -0.3 is 10.0 Å². The van der Waals surface area contributed by atoms with Crippen LogP contribution in [0.3, 0.4) is 0 Å². The predicted octanol–water partition coefficient (Wildman–Crippen LogP) is 2.65.